The Morgan fingerprint density at radius 2 is 1.74 bits per heavy atom. The fourth-order valence-corrected chi connectivity index (χ4v) is 4.03. The van der Waals surface area contributed by atoms with Crippen LogP contribution < -0.4 is 10.2 Å². The van der Waals surface area contributed by atoms with Gasteiger partial charge in [-0.05, 0) is 61.9 Å². The highest BCUT2D eigenvalue weighted by Crippen LogP contribution is 2.44. The third-order valence-electron chi connectivity index (χ3n) is 6.01. The largest absolute Gasteiger partial charge is 0.369 e. The molecule has 1 aliphatic carbocycles. The molecule has 2 aromatic carbocycles. The van der Waals surface area contributed by atoms with Gasteiger partial charge in [-0.1, -0.05) is 18.6 Å². The van der Waals surface area contributed by atoms with Gasteiger partial charge in [0.05, 0.1) is 5.41 Å². The number of nitrogens with zero attached hydrogens (tertiary/aromatic N) is 2. The molecule has 0 unspecified atom stereocenters. The average Bonchev–Trinajstić information content (AvgIpc) is 2.62. The van der Waals surface area contributed by atoms with Crippen LogP contribution in [0.4, 0.5) is 15.8 Å². The Labute approximate surface area is 160 Å². The first-order valence-electron chi connectivity index (χ1n) is 9.68. The number of hydrogen-bond acceptors (Lipinski definition) is 3. The molecule has 0 aromatic heterocycles. The second-order valence-electron chi connectivity index (χ2n) is 7.74. The van der Waals surface area contributed by atoms with E-state index in [0.29, 0.717) is 0 Å². The number of nitrogens with one attached hydrogen (secondary N) is 1. The van der Waals surface area contributed by atoms with Gasteiger partial charge in [0, 0.05) is 37.6 Å². The normalized spacial score (nSPS) is 19.4. The minimum absolute atomic E-state index is 0.0355. The molecule has 1 heterocycles. The monoisotopic (exact) mass is 367 g/mol. The molecule has 2 fully saturated rings. The number of halogens is 1. The predicted molar refractivity (Wildman–Crippen MR) is 107 cm³/mol. The van der Waals surface area contributed by atoms with Crippen LogP contribution in [0, 0.1) is 5.82 Å². The molecule has 27 heavy (non-hydrogen) atoms. The lowest BCUT2D eigenvalue weighted by Crippen LogP contribution is -2.46. The molecule has 0 atom stereocenters. The van der Waals surface area contributed by atoms with Crippen LogP contribution >= 0.6 is 0 Å². The third kappa shape index (κ3) is 3.56. The number of rotatable bonds is 4. The Balaban J connectivity index is 1.46. The lowest BCUT2D eigenvalue weighted by molar-refractivity contribution is -0.124. The zero-order valence-corrected chi connectivity index (χ0v) is 15.7. The van der Waals surface area contributed by atoms with Crippen molar-refractivity contribution in [1.82, 2.24) is 4.90 Å². The molecule has 1 saturated heterocycles. The lowest BCUT2D eigenvalue weighted by Gasteiger charge is -2.40. The summed E-state index contributed by atoms with van der Waals surface area (Å²) in [4.78, 5) is 17.7. The summed E-state index contributed by atoms with van der Waals surface area (Å²) in [7, 11) is 2.14. The second kappa shape index (κ2) is 7.31. The first kappa shape index (κ1) is 18.0. The van der Waals surface area contributed by atoms with Crippen molar-refractivity contribution in [3.8, 4) is 0 Å². The number of carbonyl (C=O) groups is 1. The number of carbonyl (C=O) groups excluding carboxylic acids is 1. The maximum atomic E-state index is 13.7. The second-order valence-corrected chi connectivity index (χ2v) is 7.74. The summed E-state index contributed by atoms with van der Waals surface area (Å²) >= 11 is 0. The SMILES string of the molecule is CN1CCN(c2ccc(NC(=O)C3(c4cccc(F)c4)CCC3)cc2)CC1. The average molecular weight is 367 g/mol. The molecule has 4 nitrogen and oxygen atoms in total. The number of benzene rings is 2. The van der Waals surface area contributed by atoms with Crippen LogP contribution in [-0.2, 0) is 10.2 Å². The van der Waals surface area contributed by atoms with Crippen LogP contribution in [0.3, 0.4) is 0 Å². The quantitative estimate of drug-likeness (QED) is 0.896. The smallest absolute Gasteiger partial charge is 0.235 e. The molecule has 0 bridgehead atoms. The van der Waals surface area contributed by atoms with Gasteiger partial charge in [-0.15, -0.1) is 0 Å². The Bertz CT molecular complexity index is 809. The van der Waals surface area contributed by atoms with Gasteiger partial charge in [0.1, 0.15) is 5.82 Å². The Kier molecular flexibility index (Phi) is 4.87. The van der Waals surface area contributed by atoms with Gasteiger partial charge in [-0.2, -0.15) is 0 Å². The van der Waals surface area contributed by atoms with Gasteiger partial charge < -0.3 is 15.1 Å². The number of anilines is 2. The van der Waals surface area contributed by atoms with Crippen molar-refractivity contribution in [1.29, 1.82) is 0 Å². The summed E-state index contributed by atoms with van der Waals surface area (Å²) in [5.74, 6) is -0.324. The van der Waals surface area contributed by atoms with Crippen LogP contribution in [-0.4, -0.2) is 44.0 Å². The summed E-state index contributed by atoms with van der Waals surface area (Å²) in [6.07, 6.45) is 2.52. The van der Waals surface area contributed by atoms with E-state index in [1.165, 1.54) is 17.8 Å². The summed E-state index contributed by atoms with van der Waals surface area (Å²) in [6, 6.07) is 14.5. The third-order valence-corrected chi connectivity index (χ3v) is 6.01. The molecule has 2 aliphatic rings. The Morgan fingerprint density at radius 3 is 2.33 bits per heavy atom. The van der Waals surface area contributed by atoms with Crippen molar-refractivity contribution in [3.63, 3.8) is 0 Å². The van der Waals surface area contributed by atoms with Gasteiger partial charge >= 0.3 is 0 Å². The van der Waals surface area contributed by atoms with Crippen molar-refractivity contribution in [2.45, 2.75) is 24.7 Å². The van der Waals surface area contributed by atoms with Gasteiger partial charge in [0.2, 0.25) is 5.91 Å². The zero-order chi connectivity index (χ0) is 18.9. The first-order valence-corrected chi connectivity index (χ1v) is 9.68. The minimum atomic E-state index is -0.599. The van der Waals surface area contributed by atoms with E-state index >= 15 is 0 Å². The topological polar surface area (TPSA) is 35.6 Å². The Hall–Kier alpha value is -2.40. The lowest BCUT2D eigenvalue weighted by atomic mass is 9.63. The van der Waals surface area contributed by atoms with E-state index in [0.717, 1.165) is 56.7 Å². The summed E-state index contributed by atoms with van der Waals surface area (Å²) in [5, 5.41) is 3.05. The molecule has 0 radical (unpaired) electrons. The molecule has 5 heteroatoms. The number of likely N-dealkylation sites (N-methyl/N-ethyl adjacent to an activating group) is 1. The molecule has 1 saturated carbocycles. The summed E-state index contributed by atoms with van der Waals surface area (Å²) < 4.78 is 13.7. The van der Waals surface area contributed by atoms with Gasteiger partial charge in [-0.25, -0.2) is 4.39 Å². The molecular formula is C22H26FN3O. The molecule has 4 rings (SSSR count). The van der Waals surface area contributed by atoms with Crippen molar-refractivity contribution in [2.24, 2.45) is 0 Å². The van der Waals surface area contributed by atoms with Gasteiger partial charge in [0.15, 0.2) is 0 Å². The van der Waals surface area contributed by atoms with E-state index in [9.17, 15) is 9.18 Å². The molecule has 2 aromatic rings. The number of amides is 1. The van der Waals surface area contributed by atoms with Crippen LogP contribution in [0.15, 0.2) is 48.5 Å². The standard InChI is InChI=1S/C22H26FN3O/c1-25-12-14-26(15-13-25)20-8-6-19(7-9-20)24-21(27)22(10-3-11-22)17-4-2-5-18(23)16-17/h2,4-9,16H,3,10-15H2,1H3,(H,24,27). The highest BCUT2D eigenvalue weighted by molar-refractivity contribution is 6.00. The maximum Gasteiger partial charge on any atom is 0.235 e. The number of piperazine rings is 1. The van der Waals surface area contributed by atoms with Crippen molar-refractivity contribution in [2.75, 3.05) is 43.4 Å². The van der Waals surface area contributed by atoms with Crippen LogP contribution in [0.2, 0.25) is 0 Å². The molecule has 1 aliphatic heterocycles. The van der Waals surface area contributed by atoms with Crippen molar-refractivity contribution >= 4 is 17.3 Å². The van der Waals surface area contributed by atoms with Gasteiger partial charge in [-0.3, -0.25) is 4.79 Å². The van der Waals surface area contributed by atoms with Crippen LogP contribution in [0.5, 0.6) is 0 Å². The molecule has 1 amide bonds. The zero-order valence-electron chi connectivity index (χ0n) is 15.7. The summed E-state index contributed by atoms with van der Waals surface area (Å²) in [5.41, 5.74) is 2.16. The fourth-order valence-electron chi connectivity index (χ4n) is 4.03. The highest BCUT2D eigenvalue weighted by Gasteiger charge is 2.45. The van der Waals surface area contributed by atoms with E-state index in [-0.39, 0.29) is 11.7 Å². The van der Waals surface area contributed by atoms with Crippen LogP contribution in [0.25, 0.3) is 0 Å². The highest BCUT2D eigenvalue weighted by atomic mass is 19.1. The predicted octanol–water partition coefficient (Wildman–Crippen LogP) is 3.64. The number of hydrogen-bond donors (Lipinski definition) is 1. The van der Waals surface area contributed by atoms with E-state index in [1.54, 1.807) is 6.07 Å². The van der Waals surface area contributed by atoms with E-state index in [2.05, 4.69) is 34.3 Å². The molecule has 1 N–H and O–H groups in total. The molecular weight excluding hydrogens is 341 g/mol. The van der Waals surface area contributed by atoms with E-state index in [4.69, 9.17) is 0 Å². The Morgan fingerprint density at radius 1 is 1.04 bits per heavy atom. The first-order chi connectivity index (χ1) is 13.1. The molecule has 142 valence electrons. The molecule has 0 spiro atoms. The minimum Gasteiger partial charge on any atom is -0.369 e. The van der Waals surface area contributed by atoms with E-state index in [1.807, 2.05) is 18.2 Å². The van der Waals surface area contributed by atoms with Crippen LogP contribution in [0.1, 0.15) is 24.8 Å². The van der Waals surface area contributed by atoms with Gasteiger partial charge in [0.25, 0.3) is 0 Å². The van der Waals surface area contributed by atoms with Crippen molar-refractivity contribution < 1.29 is 9.18 Å². The maximum absolute atomic E-state index is 13.7. The van der Waals surface area contributed by atoms with E-state index < -0.39 is 5.41 Å². The fraction of sp³-hybridized carbons (Fsp3) is 0.409. The van der Waals surface area contributed by atoms with Crippen molar-refractivity contribution in [3.05, 3.63) is 59.9 Å². The summed E-state index contributed by atoms with van der Waals surface area (Å²) in [6.45, 7) is 4.17.